The average Bonchev–Trinajstić information content (AvgIpc) is 3.17. The quantitative estimate of drug-likeness (QED) is 0.402. The molecule has 0 atom stereocenters. The third-order valence-electron chi connectivity index (χ3n) is 5.66. The molecule has 2 aromatic carbocycles. The van der Waals surface area contributed by atoms with Crippen molar-refractivity contribution in [2.75, 3.05) is 51.4 Å². The van der Waals surface area contributed by atoms with Gasteiger partial charge in [-0.2, -0.15) is 0 Å². The number of amides is 4. The largest absolute Gasteiger partial charge is 0.490 e. The zero-order chi connectivity index (χ0) is 27.9. The number of imide groups is 1. The molecule has 206 valence electrons. The monoisotopic (exact) mass is 637 g/mol. The number of hydrogen-bond acceptors (Lipinski definition) is 8. The number of ether oxygens (including phenoxy) is 3. The summed E-state index contributed by atoms with van der Waals surface area (Å²) in [6, 6.07) is 10.2. The summed E-state index contributed by atoms with van der Waals surface area (Å²) in [6.07, 6.45) is 1.55. The van der Waals surface area contributed by atoms with E-state index >= 15 is 0 Å². The third kappa shape index (κ3) is 7.33. The lowest BCUT2D eigenvalue weighted by Gasteiger charge is -2.28. The lowest BCUT2D eigenvalue weighted by molar-refractivity contribution is -0.139. The van der Waals surface area contributed by atoms with Gasteiger partial charge in [0.2, 0.25) is 5.91 Å². The molecule has 13 heteroatoms. The van der Waals surface area contributed by atoms with Crippen LogP contribution >= 0.6 is 39.3 Å². The van der Waals surface area contributed by atoms with Crippen molar-refractivity contribution in [1.82, 2.24) is 9.80 Å². The smallest absolute Gasteiger partial charge is 0.294 e. The van der Waals surface area contributed by atoms with Crippen LogP contribution < -0.4 is 14.8 Å². The molecule has 2 heterocycles. The first-order chi connectivity index (χ1) is 18.8. The number of halogens is 2. The maximum Gasteiger partial charge on any atom is 0.294 e. The van der Waals surface area contributed by atoms with Crippen LogP contribution in [-0.4, -0.2) is 78.8 Å². The first kappa shape index (κ1) is 28.9. The fraction of sp³-hybridized carbons (Fsp3) is 0.308. The summed E-state index contributed by atoms with van der Waals surface area (Å²) in [6.45, 7) is 3.19. The molecule has 4 amide bonds. The molecule has 0 spiro atoms. The molecule has 1 N–H and O–H groups in total. The van der Waals surface area contributed by atoms with E-state index in [1.54, 1.807) is 54.3 Å². The summed E-state index contributed by atoms with van der Waals surface area (Å²) in [7, 11) is 0. The second-order valence-electron chi connectivity index (χ2n) is 8.34. The number of rotatable bonds is 9. The molecule has 2 fully saturated rings. The maximum absolute atomic E-state index is 13.0. The Morgan fingerprint density at radius 2 is 1.92 bits per heavy atom. The van der Waals surface area contributed by atoms with Crippen molar-refractivity contribution >= 4 is 74.0 Å². The average molecular weight is 639 g/mol. The molecule has 4 rings (SSSR count). The molecule has 0 saturated carbocycles. The highest BCUT2D eigenvalue weighted by atomic mass is 79.9. The Morgan fingerprint density at radius 1 is 1.18 bits per heavy atom. The van der Waals surface area contributed by atoms with E-state index in [4.69, 9.17) is 25.8 Å². The Kier molecular flexibility index (Phi) is 9.89. The van der Waals surface area contributed by atoms with E-state index in [1.807, 2.05) is 0 Å². The predicted octanol–water partition coefficient (Wildman–Crippen LogP) is 4.41. The Morgan fingerprint density at radius 3 is 2.64 bits per heavy atom. The molecule has 2 aliphatic heterocycles. The summed E-state index contributed by atoms with van der Waals surface area (Å²) >= 11 is 10.3. The van der Waals surface area contributed by atoms with Crippen molar-refractivity contribution in [1.29, 1.82) is 0 Å². The Hall–Kier alpha value is -3.06. The number of carbonyl (C=O) groups excluding carboxylic acids is 4. The van der Waals surface area contributed by atoms with Gasteiger partial charge in [-0.25, -0.2) is 0 Å². The number of morpholine rings is 1. The van der Waals surface area contributed by atoms with Crippen molar-refractivity contribution in [3.05, 3.63) is 56.4 Å². The SMILES string of the molecule is CCOc1cc(/C=C2\SC(=O)N(CC(=O)N3CCOCC3)C2=O)cc(Br)c1OCC(=O)Nc1ccccc1Cl. The second kappa shape index (κ2) is 13.3. The summed E-state index contributed by atoms with van der Waals surface area (Å²) in [5.41, 5.74) is 1.02. The van der Waals surface area contributed by atoms with Gasteiger partial charge in [-0.05, 0) is 70.5 Å². The molecule has 2 aliphatic rings. The van der Waals surface area contributed by atoms with Crippen LogP contribution in [0.2, 0.25) is 5.02 Å². The fourth-order valence-electron chi connectivity index (χ4n) is 3.80. The number of carbonyl (C=O) groups is 4. The lowest BCUT2D eigenvalue weighted by Crippen LogP contribution is -2.46. The standard InChI is InChI=1S/C26H25BrClN3O7S/c1-2-37-20-12-16(11-17(27)24(20)38-15-22(32)29-19-6-4-3-5-18(19)28)13-21-25(34)31(26(35)39-21)14-23(33)30-7-9-36-10-8-30/h3-6,11-13H,2,7-10,14-15H2,1H3,(H,29,32)/b21-13-. The number of benzene rings is 2. The number of nitrogens with one attached hydrogen (secondary N) is 1. The topological polar surface area (TPSA) is 114 Å². The normalized spacial score (nSPS) is 16.5. The van der Waals surface area contributed by atoms with E-state index in [0.717, 1.165) is 16.7 Å². The van der Waals surface area contributed by atoms with Crippen LogP contribution in [0, 0.1) is 0 Å². The molecule has 10 nitrogen and oxygen atoms in total. The summed E-state index contributed by atoms with van der Waals surface area (Å²) in [5, 5.41) is 2.58. The van der Waals surface area contributed by atoms with E-state index in [9.17, 15) is 19.2 Å². The molecule has 0 aromatic heterocycles. The van der Waals surface area contributed by atoms with E-state index < -0.39 is 17.1 Å². The van der Waals surface area contributed by atoms with Crippen LogP contribution in [0.1, 0.15) is 12.5 Å². The number of thioether (sulfide) groups is 1. The van der Waals surface area contributed by atoms with Crippen LogP contribution in [0.15, 0.2) is 45.8 Å². The molecule has 0 unspecified atom stereocenters. The van der Waals surface area contributed by atoms with Gasteiger partial charge in [-0.3, -0.25) is 24.1 Å². The highest BCUT2D eigenvalue weighted by Gasteiger charge is 2.37. The van der Waals surface area contributed by atoms with Gasteiger partial charge in [-0.1, -0.05) is 23.7 Å². The number of hydrogen-bond donors (Lipinski definition) is 1. The van der Waals surface area contributed by atoms with Crippen molar-refractivity contribution in [2.24, 2.45) is 0 Å². The van der Waals surface area contributed by atoms with Crippen LogP contribution in [0.4, 0.5) is 10.5 Å². The minimum absolute atomic E-state index is 0.178. The van der Waals surface area contributed by atoms with E-state index in [-0.39, 0.29) is 24.0 Å². The van der Waals surface area contributed by atoms with Gasteiger partial charge >= 0.3 is 0 Å². The van der Waals surface area contributed by atoms with Crippen LogP contribution in [0.25, 0.3) is 6.08 Å². The van der Waals surface area contributed by atoms with Crippen LogP contribution in [-0.2, 0) is 19.1 Å². The number of anilines is 1. The molecule has 2 aromatic rings. The maximum atomic E-state index is 13.0. The summed E-state index contributed by atoms with van der Waals surface area (Å²) in [5.74, 6) is -0.625. The van der Waals surface area contributed by atoms with Crippen molar-refractivity contribution in [3.63, 3.8) is 0 Å². The number of para-hydroxylation sites is 1. The second-order valence-corrected chi connectivity index (χ2v) is 10.6. The van der Waals surface area contributed by atoms with Crippen molar-refractivity contribution < 1.29 is 33.4 Å². The van der Waals surface area contributed by atoms with Gasteiger partial charge < -0.3 is 24.4 Å². The Balaban J connectivity index is 1.46. The summed E-state index contributed by atoms with van der Waals surface area (Å²) in [4.78, 5) is 53.2. The lowest BCUT2D eigenvalue weighted by atomic mass is 10.2. The minimum atomic E-state index is -0.544. The van der Waals surface area contributed by atoms with Gasteiger partial charge in [0.25, 0.3) is 17.1 Å². The molecular formula is C26H25BrClN3O7S. The van der Waals surface area contributed by atoms with Crippen LogP contribution in [0.3, 0.4) is 0 Å². The molecule has 0 radical (unpaired) electrons. The molecule has 2 saturated heterocycles. The molecule has 0 bridgehead atoms. The highest BCUT2D eigenvalue weighted by molar-refractivity contribution is 9.10. The number of nitrogens with zero attached hydrogens (tertiary/aromatic N) is 2. The predicted molar refractivity (Wildman–Crippen MR) is 151 cm³/mol. The van der Waals surface area contributed by atoms with Gasteiger partial charge in [-0.15, -0.1) is 0 Å². The van der Waals surface area contributed by atoms with Crippen molar-refractivity contribution in [2.45, 2.75) is 6.92 Å². The fourth-order valence-corrected chi connectivity index (χ4v) is 5.39. The highest BCUT2D eigenvalue weighted by Crippen LogP contribution is 2.39. The van der Waals surface area contributed by atoms with Gasteiger partial charge in [0, 0.05) is 13.1 Å². The van der Waals surface area contributed by atoms with Gasteiger partial charge in [0.1, 0.15) is 6.54 Å². The zero-order valence-electron chi connectivity index (χ0n) is 20.9. The molecule has 0 aliphatic carbocycles. The minimum Gasteiger partial charge on any atom is -0.490 e. The molecular weight excluding hydrogens is 614 g/mol. The van der Waals surface area contributed by atoms with Gasteiger partial charge in [0.05, 0.1) is 39.9 Å². The zero-order valence-corrected chi connectivity index (χ0v) is 24.1. The third-order valence-corrected chi connectivity index (χ3v) is 7.48. The Labute approximate surface area is 242 Å². The van der Waals surface area contributed by atoms with Gasteiger partial charge in [0.15, 0.2) is 18.1 Å². The van der Waals surface area contributed by atoms with E-state index in [1.165, 1.54) is 0 Å². The molecule has 39 heavy (non-hydrogen) atoms. The van der Waals surface area contributed by atoms with Crippen LogP contribution in [0.5, 0.6) is 11.5 Å². The van der Waals surface area contributed by atoms with E-state index in [0.29, 0.717) is 65.2 Å². The Bertz CT molecular complexity index is 1320. The first-order valence-corrected chi connectivity index (χ1v) is 14.0. The first-order valence-electron chi connectivity index (χ1n) is 12.0. The van der Waals surface area contributed by atoms with E-state index in [2.05, 4.69) is 21.2 Å². The summed E-state index contributed by atoms with van der Waals surface area (Å²) < 4.78 is 17.2. The van der Waals surface area contributed by atoms with Crippen molar-refractivity contribution in [3.8, 4) is 11.5 Å².